The summed E-state index contributed by atoms with van der Waals surface area (Å²) in [4.78, 5) is 17.4. The van der Waals surface area contributed by atoms with E-state index in [0.717, 1.165) is 13.0 Å². The molecule has 2 aromatic rings. The van der Waals surface area contributed by atoms with Crippen molar-refractivity contribution in [2.24, 2.45) is 5.92 Å². The summed E-state index contributed by atoms with van der Waals surface area (Å²) >= 11 is 0. The molecule has 0 radical (unpaired) electrons. The Hall–Kier alpha value is -2.63. The zero-order chi connectivity index (χ0) is 16.4. The van der Waals surface area contributed by atoms with E-state index in [9.17, 15) is 14.3 Å². The summed E-state index contributed by atoms with van der Waals surface area (Å²) in [6.07, 6.45) is 3.03. The van der Waals surface area contributed by atoms with Crippen molar-refractivity contribution < 1.29 is 19.4 Å². The van der Waals surface area contributed by atoms with Gasteiger partial charge in [0.15, 0.2) is 11.6 Å². The summed E-state index contributed by atoms with van der Waals surface area (Å²) in [6.45, 7) is 1.19. The van der Waals surface area contributed by atoms with E-state index in [1.807, 2.05) is 4.90 Å². The molecule has 1 fully saturated rings. The van der Waals surface area contributed by atoms with Crippen molar-refractivity contribution in [1.82, 2.24) is 4.98 Å². The van der Waals surface area contributed by atoms with Crippen molar-refractivity contribution in [2.75, 3.05) is 18.0 Å². The number of nitrogens with zero attached hydrogens (tertiary/aromatic N) is 2. The number of carboxylic acids is 1. The summed E-state index contributed by atoms with van der Waals surface area (Å²) in [6, 6.07) is 7.92. The second-order valence-corrected chi connectivity index (χ2v) is 5.67. The lowest BCUT2D eigenvalue weighted by Crippen LogP contribution is -2.39. The molecule has 1 atom stereocenters. The zero-order valence-corrected chi connectivity index (χ0v) is 12.4. The van der Waals surface area contributed by atoms with Crippen LogP contribution in [0.3, 0.4) is 0 Å². The first-order valence-electron chi connectivity index (χ1n) is 7.48. The molecular formula is C17H17FN2O3. The van der Waals surface area contributed by atoms with E-state index in [-0.39, 0.29) is 11.5 Å². The topological polar surface area (TPSA) is 73.7 Å². The predicted octanol–water partition coefficient (Wildman–Crippen LogP) is 2.89. The number of hydrogen-bond donors (Lipinski definition) is 2. The Bertz CT molecular complexity index is 718. The number of halogens is 1. The van der Waals surface area contributed by atoms with E-state index in [1.165, 1.54) is 12.3 Å². The monoisotopic (exact) mass is 316 g/mol. The third-order valence-corrected chi connectivity index (χ3v) is 4.13. The summed E-state index contributed by atoms with van der Waals surface area (Å²) in [7, 11) is 0. The highest BCUT2D eigenvalue weighted by Crippen LogP contribution is 2.29. The molecule has 0 aliphatic carbocycles. The summed E-state index contributed by atoms with van der Waals surface area (Å²) in [5.41, 5.74) is 0.847. The highest BCUT2D eigenvalue weighted by atomic mass is 19.1. The van der Waals surface area contributed by atoms with Crippen LogP contribution in [0.4, 0.5) is 10.2 Å². The Morgan fingerprint density at radius 1 is 1.30 bits per heavy atom. The predicted molar refractivity (Wildman–Crippen MR) is 83.9 cm³/mol. The number of phenols is 1. The van der Waals surface area contributed by atoms with Gasteiger partial charge in [-0.3, -0.25) is 4.79 Å². The van der Waals surface area contributed by atoms with Gasteiger partial charge in [0.25, 0.3) is 0 Å². The minimum atomic E-state index is -0.784. The largest absolute Gasteiger partial charge is 0.505 e. The average molecular weight is 316 g/mol. The molecule has 6 heteroatoms. The lowest BCUT2D eigenvalue weighted by Gasteiger charge is -2.31. The van der Waals surface area contributed by atoms with Crippen LogP contribution in [0.2, 0.25) is 0 Å². The molecule has 3 rings (SSSR count). The van der Waals surface area contributed by atoms with Crippen molar-refractivity contribution in [3.63, 3.8) is 0 Å². The lowest BCUT2D eigenvalue weighted by molar-refractivity contribution is -0.141. The first kappa shape index (κ1) is 15.3. The number of aliphatic carboxylic acids is 1. The standard InChI is InChI=1S/C17H17FN2O3/c18-16-13(4-1-5-14(16)21)11-6-7-15(19-9-11)20-8-2-3-12(10-20)17(22)23/h1,4-7,9,12,21H,2-3,8,10H2,(H,22,23). The molecule has 2 heterocycles. The SMILES string of the molecule is O=C(O)C1CCCN(c2ccc(-c3cccc(O)c3F)cn2)C1. The summed E-state index contributed by atoms with van der Waals surface area (Å²) in [5.74, 6) is -1.56. The van der Waals surface area contributed by atoms with Gasteiger partial charge < -0.3 is 15.1 Å². The minimum Gasteiger partial charge on any atom is -0.505 e. The molecule has 0 spiro atoms. The number of benzene rings is 1. The van der Waals surface area contributed by atoms with Gasteiger partial charge >= 0.3 is 5.97 Å². The zero-order valence-electron chi connectivity index (χ0n) is 12.4. The quantitative estimate of drug-likeness (QED) is 0.911. The fourth-order valence-corrected chi connectivity index (χ4v) is 2.86. The number of carboxylic acid groups (broad SMARTS) is 1. The van der Waals surface area contributed by atoms with Crippen LogP contribution in [0, 0.1) is 11.7 Å². The van der Waals surface area contributed by atoms with E-state index < -0.39 is 17.5 Å². The Morgan fingerprint density at radius 3 is 2.83 bits per heavy atom. The smallest absolute Gasteiger partial charge is 0.308 e. The third-order valence-electron chi connectivity index (χ3n) is 4.13. The molecule has 0 bridgehead atoms. The molecule has 0 amide bonds. The first-order valence-corrected chi connectivity index (χ1v) is 7.48. The van der Waals surface area contributed by atoms with E-state index in [2.05, 4.69) is 4.98 Å². The van der Waals surface area contributed by atoms with Gasteiger partial charge in [-0.25, -0.2) is 9.37 Å². The molecule has 1 aliphatic heterocycles. The van der Waals surface area contributed by atoms with Crippen LogP contribution in [0.15, 0.2) is 36.5 Å². The number of hydrogen-bond acceptors (Lipinski definition) is 4. The first-order chi connectivity index (χ1) is 11.1. The van der Waals surface area contributed by atoms with Crippen molar-refractivity contribution in [3.05, 3.63) is 42.3 Å². The number of rotatable bonds is 3. The van der Waals surface area contributed by atoms with Crippen molar-refractivity contribution in [1.29, 1.82) is 0 Å². The molecule has 120 valence electrons. The van der Waals surface area contributed by atoms with E-state index in [0.29, 0.717) is 24.3 Å². The van der Waals surface area contributed by atoms with Crippen molar-refractivity contribution >= 4 is 11.8 Å². The molecule has 1 unspecified atom stereocenters. The fraction of sp³-hybridized carbons (Fsp3) is 0.294. The van der Waals surface area contributed by atoms with Gasteiger partial charge in [-0.15, -0.1) is 0 Å². The molecule has 0 saturated carbocycles. The number of aromatic hydroxyl groups is 1. The van der Waals surface area contributed by atoms with E-state index in [4.69, 9.17) is 5.11 Å². The van der Waals surface area contributed by atoms with Gasteiger partial charge in [-0.05, 0) is 31.0 Å². The number of anilines is 1. The maximum atomic E-state index is 13.9. The number of phenolic OH excluding ortho intramolecular Hbond substituents is 1. The maximum absolute atomic E-state index is 13.9. The van der Waals surface area contributed by atoms with Gasteiger partial charge in [-0.2, -0.15) is 0 Å². The van der Waals surface area contributed by atoms with Crippen LogP contribution in [0.5, 0.6) is 5.75 Å². The fourth-order valence-electron chi connectivity index (χ4n) is 2.86. The molecule has 5 nitrogen and oxygen atoms in total. The van der Waals surface area contributed by atoms with E-state index in [1.54, 1.807) is 24.3 Å². The van der Waals surface area contributed by atoms with Crippen molar-refractivity contribution in [3.8, 4) is 16.9 Å². The highest BCUT2D eigenvalue weighted by Gasteiger charge is 2.26. The van der Waals surface area contributed by atoms with Crippen LogP contribution >= 0.6 is 0 Å². The van der Waals surface area contributed by atoms with Gasteiger partial charge in [-0.1, -0.05) is 12.1 Å². The summed E-state index contributed by atoms with van der Waals surface area (Å²) in [5, 5.41) is 18.6. The number of aromatic nitrogens is 1. The Balaban J connectivity index is 1.82. The molecule has 1 aromatic heterocycles. The molecule has 1 saturated heterocycles. The second-order valence-electron chi connectivity index (χ2n) is 5.67. The molecule has 1 aliphatic rings. The lowest BCUT2D eigenvalue weighted by atomic mass is 9.98. The molecule has 2 N–H and O–H groups in total. The summed E-state index contributed by atoms with van der Waals surface area (Å²) < 4.78 is 13.9. The Labute approximate surface area is 133 Å². The number of piperidine rings is 1. The van der Waals surface area contributed by atoms with E-state index >= 15 is 0 Å². The Kier molecular flexibility index (Phi) is 4.14. The molecular weight excluding hydrogens is 299 g/mol. The minimum absolute atomic E-state index is 0.283. The van der Waals surface area contributed by atoms with Crippen LogP contribution in [0.25, 0.3) is 11.1 Å². The number of pyridine rings is 1. The average Bonchev–Trinajstić information content (AvgIpc) is 2.58. The molecule has 1 aromatic carbocycles. The van der Waals surface area contributed by atoms with Crippen LogP contribution in [-0.2, 0) is 4.79 Å². The van der Waals surface area contributed by atoms with Crippen molar-refractivity contribution in [2.45, 2.75) is 12.8 Å². The highest BCUT2D eigenvalue weighted by molar-refractivity contribution is 5.71. The molecule has 23 heavy (non-hydrogen) atoms. The second kappa shape index (κ2) is 6.24. The number of carbonyl (C=O) groups is 1. The maximum Gasteiger partial charge on any atom is 0.308 e. The van der Waals surface area contributed by atoms with Gasteiger partial charge in [0, 0.05) is 30.4 Å². The Morgan fingerprint density at radius 2 is 2.13 bits per heavy atom. The third kappa shape index (κ3) is 3.11. The van der Waals surface area contributed by atoms with Gasteiger partial charge in [0.2, 0.25) is 0 Å². The van der Waals surface area contributed by atoms with Gasteiger partial charge in [0.05, 0.1) is 5.92 Å². The van der Waals surface area contributed by atoms with Crippen LogP contribution in [0.1, 0.15) is 12.8 Å². The van der Waals surface area contributed by atoms with Crippen LogP contribution in [-0.4, -0.2) is 34.3 Å². The van der Waals surface area contributed by atoms with Crippen LogP contribution < -0.4 is 4.90 Å². The van der Waals surface area contributed by atoms with Gasteiger partial charge in [0.1, 0.15) is 5.82 Å². The normalized spacial score (nSPS) is 18.0.